The summed E-state index contributed by atoms with van der Waals surface area (Å²) in [4.78, 5) is 10.8. The summed E-state index contributed by atoms with van der Waals surface area (Å²) in [5, 5.41) is 8.87. The van der Waals surface area contributed by atoms with Crippen LogP contribution in [0.2, 0.25) is 0 Å². The fraction of sp³-hybridized carbons (Fsp3) is 0.500. The summed E-state index contributed by atoms with van der Waals surface area (Å²) in [5.41, 5.74) is 5.30. The van der Waals surface area contributed by atoms with Gasteiger partial charge in [-0.15, -0.1) is 0 Å². The first-order valence-electron chi connectivity index (χ1n) is 5.79. The summed E-state index contributed by atoms with van der Waals surface area (Å²) in [7, 11) is 0. The Morgan fingerprint density at radius 1 is 1.31 bits per heavy atom. The molecule has 1 aromatic rings. The third-order valence-electron chi connectivity index (χ3n) is 3.89. The monoisotopic (exact) mass is 218 g/mol. The third-order valence-corrected chi connectivity index (χ3v) is 3.89. The van der Waals surface area contributed by atoms with Gasteiger partial charge in [0.05, 0.1) is 5.92 Å². The van der Waals surface area contributed by atoms with Gasteiger partial charge in [-0.25, -0.2) is 0 Å². The van der Waals surface area contributed by atoms with E-state index in [-0.39, 0.29) is 5.92 Å². The van der Waals surface area contributed by atoms with Crippen molar-refractivity contribution in [3.05, 3.63) is 34.4 Å². The minimum Gasteiger partial charge on any atom is -0.481 e. The predicted octanol–water partition coefficient (Wildman–Crippen LogP) is 2.88. The van der Waals surface area contributed by atoms with E-state index in [4.69, 9.17) is 5.11 Å². The number of aliphatic carboxylic acids is 1. The van der Waals surface area contributed by atoms with Crippen LogP contribution in [-0.4, -0.2) is 11.1 Å². The van der Waals surface area contributed by atoms with Crippen molar-refractivity contribution in [1.29, 1.82) is 0 Å². The molecule has 2 heteroatoms. The van der Waals surface area contributed by atoms with Crippen molar-refractivity contribution >= 4 is 5.97 Å². The van der Waals surface area contributed by atoms with Crippen LogP contribution in [-0.2, 0) is 11.2 Å². The predicted molar refractivity (Wildman–Crippen MR) is 63.6 cm³/mol. The van der Waals surface area contributed by atoms with E-state index in [9.17, 15) is 4.79 Å². The van der Waals surface area contributed by atoms with E-state index in [1.807, 2.05) is 0 Å². The Labute approximate surface area is 96.3 Å². The summed E-state index contributed by atoms with van der Waals surface area (Å²) in [6, 6.07) is 4.28. The van der Waals surface area contributed by atoms with Crippen molar-refractivity contribution in [1.82, 2.24) is 0 Å². The first-order chi connectivity index (χ1) is 7.50. The zero-order valence-corrected chi connectivity index (χ0v) is 10.1. The highest BCUT2D eigenvalue weighted by molar-refractivity contribution is 5.73. The lowest BCUT2D eigenvalue weighted by Gasteiger charge is -2.10. The molecule has 0 bridgehead atoms. The standard InChI is InChI=1S/C14H18O2/c1-8-4-5-11(10(3)9(8)2)6-12-7-13(12)14(15)16/h4-5,12-13H,6-7H2,1-3H3,(H,15,16). The lowest BCUT2D eigenvalue weighted by atomic mass is 9.95. The average molecular weight is 218 g/mol. The van der Waals surface area contributed by atoms with E-state index < -0.39 is 5.97 Å². The van der Waals surface area contributed by atoms with Crippen LogP contribution in [0.5, 0.6) is 0 Å². The SMILES string of the molecule is Cc1ccc(CC2CC2C(=O)O)c(C)c1C. The maximum Gasteiger partial charge on any atom is 0.306 e. The van der Waals surface area contributed by atoms with Crippen LogP contribution in [0.4, 0.5) is 0 Å². The van der Waals surface area contributed by atoms with Crippen molar-refractivity contribution in [2.45, 2.75) is 33.6 Å². The molecule has 0 aromatic heterocycles. The number of carbonyl (C=O) groups is 1. The normalized spacial score (nSPS) is 23.2. The highest BCUT2D eigenvalue weighted by Gasteiger charge is 2.42. The zero-order chi connectivity index (χ0) is 11.9. The fourth-order valence-electron chi connectivity index (χ4n) is 2.29. The van der Waals surface area contributed by atoms with Crippen LogP contribution in [0.3, 0.4) is 0 Å². The molecule has 0 aliphatic heterocycles. The first kappa shape index (κ1) is 11.2. The largest absolute Gasteiger partial charge is 0.481 e. The summed E-state index contributed by atoms with van der Waals surface area (Å²) in [6.07, 6.45) is 1.77. The van der Waals surface area contributed by atoms with Crippen LogP contribution in [0.25, 0.3) is 0 Å². The molecule has 1 saturated carbocycles. The molecule has 1 fully saturated rings. The third kappa shape index (κ3) is 1.97. The molecule has 0 spiro atoms. The summed E-state index contributed by atoms with van der Waals surface area (Å²) in [5.74, 6) is -0.370. The van der Waals surface area contributed by atoms with Crippen LogP contribution in [0.1, 0.15) is 28.7 Å². The van der Waals surface area contributed by atoms with Crippen molar-refractivity contribution in [3.8, 4) is 0 Å². The molecule has 2 atom stereocenters. The highest BCUT2D eigenvalue weighted by Crippen LogP contribution is 2.41. The van der Waals surface area contributed by atoms with E-state index >= 15 is 0 Å². The van der Waals surface area contributed by atoms with E-state index in [2.05, 4.69) is 32.9 Å². The molecule has 16 heavy (non-hydrogen) atoms. The summed E-state index contributed by atoms with van der Waals surface area (Å²) < 4.78 is 0. The molecule has 2 unspecified atom stereocenters. The second-order valence-corrected chi connectivity index (χ2v) is 4.94. The number of rotatable bonds is 3. The van der Waals surface area contributed by atoms with Crippen LogP contribution < -0.4 is 0 Å². The van der Waals surface area contributed by atoms with Crippen LogP contribution >= 0.6 is 0 Å². The van der Waals surface area contributed by atoms with E-state index in [0.717, 1.165) is 12.8 Å². The maximum atomic E-state index is 10.8. The number of carboxylic acids is 1. The molecule has 1 aliphatic carbocycles. The van der Waals surface area contributed by atoms with Crippen LogP contribution in [0.15, 0.2) is 12.1 Å². The Bertz CT molecular complexity index is 435. The molecule has 1 aromatic carbocycles. The van der Waals surface area contributed by atoms with Gasteiger partial charge in [-0.05, 0) is 61.8 Å². The smallest absolute Gasteiger partial charge is 0.306 e. The quantitative estimate of drug-likeness (QED) is 0.847. The maximum absolute atomic E-state index is 10.8. The Morgan fingerprint density at radius 2 is 2.00 bits per heavy atom. The molecule has 0 saturated heterocycles. The summed E-state index contributed by atoms with van der Waals surface area (Å²) >= 11 is 0. The molecule has 86 valence electrons. The number of hydrogen-bond donors (Lipinski definition) is 1. The molecule has 0 radical (unpaired) electrons. The van der Waals surface area contributed by atoms with Gasteiger partial charge in [0, 0.05) is 0 Å². The van der Waals surface area contributed by atoms with Crippen molar-refractivity contribution in [2.24, 2.45) is 11.8 Å². The number of aryl methyl sites for hydroxylation is 1. The van der Waals surface area contributed by atoms with Gasteiger partial charge in [0.25, 0.3) is 0 Å². The molecule has 1 N–H and O–H groups in total. The minimum absolute atomic E-state index is 0.0963. The lowest BCUT2D eigenvalue weighted by Crippen LogP contribution is -2.02. The van der Waals surface area contributed by atoms with Gasteiger partial charge in [0.2, 0.25) is 0 Å². The van der Waals surface area contributed by atoms with Crippen molar-refractivity contribution < 1.29 is 9.90 Å². The van der Waals surface area contributed by atoms with Crippen molar-refractivity contribution in [3.63, 3.8) is 0 Å². The Balaban J connectivity index is 2.12. The second-order valence-electron chi connectivity index (χ2n) is 4.94. The van der Waals surface area contributed by atoms with Gasteiger partial charge in [-0.1, -0.05) is 12.1 Å². The lowest BCUT2D eigenvalue weighted by molar-refractivity contribution is -0.138. The van der Waals surface area contributed by atoms with Gasteiger partial charge in [0.15, 0.2) is 0 Å². The van der Waals surface area contributed by atoms with E-state index in [0.29, 0.717) is 5.92 Å². The molecular formula is C14H18O2. The Morgan fingerprint density at radius 3 is 2.56 bits per heavy atom. The van der Waals surface area contributed by atoms with Gasteiger partial charge >= 0.3 is 5.97 Å². The second kappa shape index (κ2) is 3.93. The van der Waals surface area contributed by atoms with E-state index in [1.54, 1.807) is 0 Å². The highest BCUT2D eigenvalue weighted by atomic mass is 16.4. The molecule has 0 heterocycles. The van der Waals surface area contributed by atoms with Crippen molar-refractivity contribution in [2.75, 3.05) is 0 Å². The van der Waals surface area contributed by atoms with Gasteiger partial charge < -0.3 is 5.11 Å². The van der Waals surface area contributed by atoms with Gasteiger partial charge in [-0.3, -0.25) is 4.79 Å². The number of benzene rings is 1. The topological polar surface area (TPSA) is 37.3 Å². The summed E-state index contributed by atoms with van der Waals surface area (Å²) in [6.45, 7) is 6.38. The van der Waals surface area contributed by atoms with Gasteiger partial charge in [-0.2, -0.15) is 0 Å². The molecule has 1 aliphatic rings. The first-order valence-corrected chi connectivity index (χ1v) is 5.79. The zero-order valence-electron chi connectivity index (χ0n) is 10.1. The van der Waals surface area contributed by atoms with Gasteiger partial charge in [0.1, 0.15) is 0 Å². The number of carboxylic acid groups (broad SMARTS) is 1. The molecule has 2 rings (SSSR count). The Kier molecular flexibility index (Phi) is 2.75. The molecular weight excluding hydrogens is 200 g/mol. The molecule has 0 amide bonds. The Hall–Kier alpha value is -1.31. The minimum atomic E-state index is -0.633. The average Bonchev–Trinajstić information content (AvgIpc) is 2.99. The van der Waals surface area contributed by atoms with E-state index in [1.165, 1.54) is 22.3 Å². The molecule has 2 nitrogen and oxygen atoms in total. The van der Waals surface area contributed by atoms with Crippen LogP contribution in [0, 0.1) is 32.6 Å². The number of hydrogen-bond acceptors (Lipinski definition) is 1. The fourth-order valence-corrected chi connectivity index (χ4v) is 2.29.